The van der Waals surface area contributed by atoms with E-state index >= 15 is 0 Å². The first kappa shape index (κ1) is 27.5. The highest BCUT2D eigenvalue weighted by molar-refractivity contribution is 7.26. The number of para-hydroxylation sites is 3. The molecule has 2 nitrogen and oxygen atoms in total. The molecule has 0 bridgehead atoms. The Balaban J connectivity index is 1.20. The molecule has 0 saturated carbocycles. The number of hydrogen-bond donors (Lipinski definition) is 0. The minimum Gasteiger partial charge on any atom is -0.316 e. The number of fused-ring (bicyclic) bond motifs is 11. The van der Waals surface area contributed by atoms with Crippen LogP contribution in [-0.2, 0) is 5.41 Å². The second kappa shape index (κ2) is 9.93. The zero-order valence-corrected chi connectivity index (χ0v) is 27.7. The van der Waals surface area contributed by atoms with Crippen molar-refractivity contribution in [3.63, 3.8) is 0 Å². The van der Waals surface area contributed by atoms with Crippen LogP contribution in [0.25, 0.3) is 81.5 Å². The van der Waals surface area contributed by atoms with Gasteiger partial charge in [-0.25, -0.2) is 0 Å². The first-order valence-electron chi connectivity index (χ1n) is 16.6. The fraction of sp³-hybridized carbons (Fsp3) is 0.0667. The molecule has 3 heterocycles. The molecular formula is C45H32N2S. The number of thiophene rings is 1. The molecule has 10 rings (SSSR count). The van der Waals surface area contributed by atoms with Crippen molar-refractivity contribution in [2.45, 2.75) is 19.3 Å². The van der Waals surface area contributed by atoms with E-state index < -0.39 is 0 Å². The summed E-state index contributed by atoms with van der Waals surface area (Å²) in [4.78, 5) is 0. The molecule has 48 heavy (non-hydrogen) atoms. The smallest absolute Gasteiger partial charge is 0.0541 e. The molecule has 1 aliphatic carbocycles. The molecule has 3 aromatic heterocycles. The lowest BCUT2D eigenvalue weighted by Crippen LogP contribution is -2.15. The summed E-state index contributed by atoms with van der Waals surface area (Å²) in [6.45, 7) is 8.67. The number of rotatable bonds is 4. The number of aromatic nitrogens is 2. The summed E-state index contributed by atoms with van der Waals surface area (Å²) >= 11 is 1.89. The Hall–Kier alpha value is -5.64. The average molecular weight is 633 g/mol. The van der Waals surface area contributed by atoms with Gasteiger partial charge >= 0.3 is 0 Å². The van der Waals surface area contributed by atoms with Crippen LogP contribution in [0.4, 0.5) is 0 Å². The van der Waals surface area contributed by atoms with Crippen molar-refractivity contribution >= 4 is 70.3 Å². The van der Waals surface area contributed by atoms with Gasteiger partial charge in [0.05, 0.1) is 16.6 Å². The standard InChI is InChI=1S/C45H32N2S/c1-4-5-12-28-27-46(38-16-9-6-13-31(28)38)29-20-23-41-35(25-29)44-42(48-41)24-22-36-43(44)34-21-19-30(26-37(34)45(36,2)3)47-39-17-10-7-14-32(39)33-15-8-11-18-40(33)47/h4-27H,1H2,2-3H3/b12-5-. The SMILES string of the molecule is C=C/C=C\c1cn(-c2ccc3sc4ccc5c(c4c3c2)-c2ccc(-n3c4ccccc4c4ccccc43)cc2C5(C)C)c2ccccc12. The van der Waals surface area contributed by atoms with Crippen LogP contribution >= 0.6 is 11.3 Å². The Bertz CT molecular complexity index is 2780. The van der Waals surface area contributed by atoms with Crippen molar-refractivity contribution in [2.24, 2.45) is 0 Å². The average Bonchev–Trinajstić information content (AvgIpc) is 3.84. The van der Waals surface area contributed by atoms with Crippen molar-refractivity contribution in [1.29, 1.82) is 0 Å². The number of nitrogens with zero attached hydrogens (tertiary/aromatic N) is 2. The highest BCUT2D eigenvalue weighted by atomic mass is 32.1. The maximum atomic E-state index is 3.88. The molecule has 0 amide bonds. The molecule has 228 valence electrons. The van der Waals surface area contributed by atoms with Gasteiger partial charge in [0.2, 0.25) is 0 Å². The van der Waals surface area contributed by atoms with Gasteiger partial charge in [-0.15, -0.1) is 11.3 Å². The van der Waals surface area contributed by atoms with E-state index in [1.54, 1.807) is 0 Å². The highest BCUT2D eigenvalue weighted by Gasteiger charge is 2.37. The fourth-order valence-corrected chi connectivity index (χ4v) is 9.38. The van der Waals surface area contributed by atoms with Gasteiger partial charge in [0, 0.05) is 64.9 Å². The van der Waals surface area contributed by atoms with E-state index in [0.29, 0.717) is 0 Å². The van der Waals surface area contributed by atoms with Gasteiger partial charge in [-0.05, 0) is 76.9 Å². The minimum absolute atomic E-state index is 0.136. The Kier molecular flexibility index (Phi) is 5.68. The monoisotopic (exact) mass is 632 g/mol. The lowest BCUT2D eigenvalue weighted by molar-refractivity contribution is 0.660. The molecule has 3 heteroatoms. The lowest BCUT2D eigenvalue weighted by Gasteiger charge is -2.22. The maximum absolute atomic E-state index is 3.88. The van der Waals surface area contributed by atoms with E-state index in [1.807, 2.05) is 23.5 Å². The van der Waals surface area contributed by atoms with Gasteiger partial charge in [-0.2, -0.15) is 0 Å². The Morgan fingerprint density at radius 1 is 0.625 bits per heavy atom. The second-order valence-corrected chi connectivity index (χ2v) is 14.5. The summed E-state index contributed by atoms with van der Waals surface area (Å²) in [6.07, 6.45) is 8.24. The molecule has 0 radical (unpaired) electrons. The third kappa shape index (κ3) is 3.68. The van der Waals surface area contributed by atoms with Crippen molar-refractivity contribution in [2.75, 3.05) is 0 Å². The zero-order chi connectivity index (χ0) is 32.1. The van der Waals surface area contributed by atoms with Crippen LogP contribution in [0.5, 0.6) is 0 Å². The molecule has 0 fully saturated rings. The quantitative estimate of drug-likeness (QED) is 0.171. The zero-order valence-electron chi connectivity index (χ0n) is 26.9. The van der Waals surface area contributed by atoms with Crippen LogP contribution in [0.3, 0.4) is 0 Å². The van der Waals surface area contributed by atoms with Crippen molar-refractivity contribution in [3.05, 3.63) is 163 Å². The van der Waals surface area contributed by atoms with E-state index in [1.165, 1.54) is 92.1 Å². The van der Waals surface area contributed by atoms with E-state index in [9.17, 15) is 0 Å². The summed E-state index contributed by atoms with van der Waals surface area (Å²) in [5.74, 6) is 0. The van der Waals surface area contributed by atoms with Gasteiger partial charge in [-0.1, -0.05) is 105 Å². The fourth-order valence-electron chi connectivity index (χ4n) is 8.28. The minimum atomic E-state index is -0.136. The van der Waals surface area contributed by atoms with Crippen LogP contribution in [0.15, 0.2) is 146 Å². The van der Waals surface area contributed by atoms with Crippen LogP contribution < -0.4 is 0 Å². The van der Waals surface area contributed by atoms with Crippen LogP contribution in [0.2, 0.25) is 0 Å². The second-order valence-electron chi connectivity index (χ2n) is 13.4. The maximum Gasteiger partial charge on any atom is 0.0541 e. The van der Waals surface area contributed by atoms with Gasteiger partial charge in [0.1, 0.15) is 0 Å². The lowest BCUT2D eigenvalue weighted by atomic mass is 9.82. The van der Waals surface area contributed by atoms with E-state index in [2.05, 4.69) is 163 Å². The Morgan fingerprint density at radius 3 is 2.04 bits per heavy atom. The van der Waals surface area contributed by atoms with Gasteiger partial charge in [0.15, 0.2) is 0 Å². The summed E-state index contributed by atoms with van der Waals surface area (Å²) < 4.78 is 7.42. The number of hydrogen-bond acceptors (Lipinski definition) is 1. The molecule has 0 aliphatic heterocycles. The normalized spacial score (nSPS) is 13.8. The topological polar surface area (TPSA) is 9.86 Å². The van der Waals surface area contributed by atoms with E-state index in [4.69, 9.17) is 0 Å². The largest absolute Gasteiger partial charge is 0.316 e. The summed E-state index contributed by atoms with van der Waals surface area (Å²) in [7, 11) is 0. The predicted molar refractivity (Wildman–Crippen MR) is 207 cm³/mol. The van der Waals surface area contributed by atoms with Gasteiger partial charge < -0.3 is 9.13 Å². The number of benzene rings is 6. The molecule has 0 spiro atoms. The third-order valence-electron chi connectivity index (χ3n) is 10.5. The van der Waals surface area contributed by atoms with Gasteiger partial charge in [-0.3, -0.25) is 0 Å². The summed E-state index contributed by atoms with van der Waals surface area (Å²) in [5.41, 5.74) is 12.6. The molecule has 0 saturated heterocycles. The molecule has 0 atom stereocenters. The van der Waals surface area contributed by atoms with Crippen molar-refractivity contribution < 1.29 is 0 Å². The Labute approximate surface area is 283 Å². The molecule has 0 N–H and O–H groups in total. The Morgan fingerprint density at radius 2 is 1.29 bits per heavy atom. The van der Waals surface area contributed by atoms with Crippen LogP contribution in [0.1, 0.15) is 30.5 Å². The summed E-state index contributed by atoms with van der Waals surface area (Å²) in [6, 6.07) is 45.0. The van der Waals surface area contributed by atoms with Gasteiger partial charge in [0.25, 0.3) is 0 Å². The predicted octanol–water partition coefficient (Wildman–Crippen LogP) is 12.6. The molecule has 0 unspecified atom stereocenters. The summed E-state index contributed by atoms with van der Waals surface area (Å²) in [5, 5.41) is 6.51. The van der Waals surface area contributed by atoms with E-state index in [0.717, 1.165) is 0 Å². The first-order valence-corrected chi connectivity index (χ1v) is 17.4. The number of allylic oxidation sites excluding steroid dienone is 2. The van der Waals surface area contributed by atoms with Crippen LogP contribution in [0, 0.1) is 0 Å². The molecule has 6 aromatic carbocycles. The van der Waals surface area contributed by atoms with Crippen molar-refractivity contribution in [3.8, 4) is 22.5 Å². The molecular weight excluding hydrogens is 601 g/mol. The highest BCUT2D eigenvalue weighted by Crippen LogP contribution is 2.54. The first-order chi connectivity index (χ1) is 23.5. The third-order valence-corrected chi connectivity index (χ3v) is 11.6. The van der Waals surface area contributed by atoms with E-state index in [-0.39, 0.29) is 5.41 Å². The molecule has 1 aliphatic rings. The van der Waals surface area contributed by atoms with Crippen molar-refractivity contribution in [1.82, 2.24) is 9.13 Å². The molecule has 9 aromatic rings. The van der Waals surface area contributed by atoms with Crippen LogP contribution in [-0.4, -0.2) is 9.13 Å².